The second-order valence-corrected chi connectivity index (χ2v) is 7.76. The molecule has 0 aliphatic rings. The van der Waals surface area contributed by atoms with Crippen molar-refractivity contribution in [1.82, 2.24) is 4.57 Å². The average molecular weight is 439 g/mol. The number of carbonyl (C=O) groups excluding carboxylic acids is 1. The monoisotopic (exact) mass is 438 g/mol. The van der Waals surface area contributed by atoms with Crippen LogP contribution in [0.3, 0.4) is 0 Å². The van der Waals surface area contributed by atoms with Crippen LogP contribution >= 0.6 is 34.5 Å². The van der Waals surface area contributed by atoms with Crippen LogP contribution in [0.2, 0.25) is 10.0 Å². The molecule has 0 radical (unpaired) electrons. The number of carbonyl (C=O) groups is 1. The normalized spacial score (nSPS) is 11.9. The second-order valence-electron chi connectivity index (χ2n) is 5.97. The Kier molecular flexibility index (Phi) is 7.13. The van der Waals surface area contributed by atoms with Crippen molar-refractivity contribution in [2.45, 2.75) is 19.9 Å². The molecular formula is C20H20Cl2N2O3S. The number of hydrogen-bond acceptors (Lipinski definition) is 4. The topological polar surface area (TPSA) is 52.8 Å². The van der Waals surface area contributed by atoms with E-state index in [2.05, 4.69) is 4.99 Å². The summed E-state index contributed by atoms with van der Waals surface area (Å²) in [5.41, 5.74) is 1.64. The summed E-state index contributed by atoms with van der Waals surface area (Å²) in [6, 6.07) is 10.9. The summed E-state index contributed by atoms with van der Waals surface area (Å²) in [5, 5.41) is 1.15. The van der Waals surface area contributed by atoms with Gasteiger partial charge in [0, 0.05) is 13.2 Å². The molecule has 8 heteroatoms. The number of thiazole rings is 1. The SMILES string of the molecule is CCOCCn1c(=NC(=O)Cc2ccc(OC)cc2)sc2c(Cl)ccc(Cl)c21. The zero-order valence-corrected chi connectivity index (χ0v) is 17.9. The Labute approximate surface area is 177 Å². The van der Waals surface area contributed by atoms with Gasteiger partial charge < -0.3 is 14.0 Å². The van der Waals surface area contributed by atoms with Gasteiger partial charge in [0.05, 0.1) is 40.4 Å². The van der Waals surface area contributed by atoms with Crippen molar-refractivity contribution in [3.05, 3.63) is 56.8 Å². The lowest BCUT2D eigenvalue weighted by atomic mass is 10.1. The van der Waals surface area contributed by atoms with Crippen molar-refractivity contribution >= 4 is 50.7 Å². The Hall–Kier alpha value is -1.86. The first-order valence-corrected chi connectivity index (χ1v) is 10.4. The minimum absolute atomic E-state index is 0.200. The minimum Gasteiger partial charge on any atom is -0.497 e. The van der Waals surface area contributed by atoms with E-state index in [0.29, 0.717) is 34.6 Å². The summed E-state index contributed by atoms with van der Waals surface area (Å²) < 4.78 is 13.3. The van der Waals surface area contributed by atoms with Gasteiger partial charge in [-0.1, -0.05) is 46.7 Å². The molecular weight excluding hydrogens is 419 g/mol. The first kappa shape index (κ1) is 20.9. The molecule has 1 aromatic heterocycles. The van der Waals surface area contributed by atoms with E-state index in [9.17, 15) is 4.79 Å². The molecule has 3 rings (SSSR count). The highest BCUT2D eigenvalue weighted by atomic mass is 35.5. The number of amides is 1. The van der Waals surface area contributed by atoms with Crippen LogP contribution in [0.4, 0.5) is 0 Å². The molecule has 0 aliphatic carbocycles. The van der Waals surface area contributed by atoms with Crippen LogP contribution in [0.15, 0.2) is 41.4 Å². The first-order chi connectivity index (χ1) is 13.5. The smallest absolute Gasteiger partial charge is 0.252 e. The Morgan fingerprint density at radius 3 is 2.54 bits per heavy atom. The van der Waals surface area contributed by atoms with Crippen molar-refractivity contribution in [2.75, 3.05) is 20.3 Å². The lowest BCUT2D eigenvalue weighted by Crippen LogP contribution is -2.20. The van der Waals surface area contributed by atoms with Gasteiger partial charge in [0.25, 0.3) is 5.91 Å². The molecule has 0 N–H and O–H groups in total. The van der Waals surface area contributed by atoms with Gasteiger partial charge >= 0.3 is 0 Å². The van der Waals surface area contributed by atoms with E-state index in [0.717, 1.165) is 21.5 Å². The molecule has 0 spiro atoms. The molecule has 0 atom stereocenters. The van der Waals surface area contributed by atoms with Crippen LogP contribution in [0.25, 0.3) is 10.2 Å². The summed E-state index contributed by atoms with van der Waals surface area (Å²) in [4.78, 5) is 17.5. The van der Waals surface area contributed by atoms with E-state index >= 15 is 0 Å². The molecule has 0 fully saturated rings. The number of rotatable bonds is 7. The summed E-state index contributed by atoms with van der Waals surface area (Å²) in [5.74, 6) is 0.504. The standard InChI is InChI=1S/C20H20Cl2N2O3S/c1-3-27-11-10-24-18-15(21)8-9-16(22)19(18)28-20(24)23-17(25)12-13-4-6-14(26-2)7-5-13/h4-9H,3,10-12H2,1-2H3. The van der Waals surface area contributed by atoms with E-state index in [1.165, 1.54) is 11.3 Å². The number of nitrogens with zero attached hydrogens (tertiary/aromatic N) is 2. The summed E-state index contributed by atoms with van der Waals surface area (Å²) >= 11 is 14.1. The lowest BCUT2D eigenvalue weighted by molar-refractivity contribution is -0.117. The molecule has 0 aliphatic heterocycles. The second kappa shape index (κ2) is 9.56. The van der Waals surface area contributed by atoms with E-state index in [1.54, 1.807) is 19.2 Å². The lowest BCUT2D eigenvalue weighted by Gasteiger charge is -2.07. The molecule has 148 valence electrons. The maximum absolute atomic E-state index is 12.6. The Balaban J connectivity index is 1.97. The van der Waals surface area contributed by atoms with Gasteiger partial charge in [-0.05, 0) is 36.8 Å². The number of ether oxygens (including phenoxy) is 2. The third kappa shape index (κ3) is 4.75. The number of benzene rings is 2. The molecule has 28 heavy (non-hydrogen) atoms. The Bertz CT molecular complexity index is 1040. The van der Waals surface area contributed by atoms with E-state index in [-0.39, 0.29) is 12.3 Å². The highest BCUT2D eigenvalue weighted by Gasteiger charge is 2.14. The highest BCUT2D eigenvalue weighted by molar-refractivity contribution is 7.17. The van der Waals surface area contributed by atoms with E-state index < -0.39 is 0 Å². The van der Waals surface area contributed by atoms with Crippen LogP contribution in [0.1, 0.15) is 12.5 Å². The maximum atomic E-state index is 12.6. The van der Waals surface area contributed by atoms with E-state index in [4.69, 9.17) is 32.7 Å². The van der Waals surface area contributed by atoms with Gasteiger partial charge in [0.2, 0.25) is 0 Å². The summed E-state index contributed by atoms with van der Waals surface area (Å²) in [6.07, 6.45) is 0.200. The molecule has 0 bridgehead atoms. The first-order valence-electron chi connectivity index (χ1n) is 8.79. The number of methoxy groups -OCH3 is 1. The third-order valence-electron chi connectivity index (χ3n) is 4.13. The molecule has 0 saturated heterocycles. The number of halogens is 2. The van der Waals surface area contributed by atoms with Crippen molar-refractivity contribution in [2.24, 2.45) is 4.99 Å². The maximum Gasteiger partial charge on any atom is 0.252 e. The van der Waals surface area contributed by atoms with Crippen LogP contribution in [-0.4, -0.2) is 30.8 Å². The molecule has 0 saturated carbocycles. The van der Waals surface area contributed by atoms with Gasteiger partial charge in [-0.25, -0.2) is 0 Å². The average Bonchev–Trinajstić information content (AvgIpc) is 3.05. The Morgan fingerprint density at radius 2 is 1.86 bits per heavy atom. The fourth-order valence-corrected chi connectivity index (χ4v) is 4.46. The van der Waals surface area contributed by atoms with Crippen molar-refractivity contribution in [3.63, 3.8) is 0 Å². The van der Waals surface area contributed by atoms with Gasteiger partial charge in [0.15, 0.2) is 4.80 Å². The molecule has 1 amide bonds. The zero-order valence-electron chi connectivity index (χ0n) is 15.6. The van der Waals surface area contributed by atoms with Crippen molar-refractivity contribution < 1.29 is 14.3 Å². The molecule has 2 aromatic carbocycles. The molecule has 0 unspecified atom stereocenters. The van der Waals surface area contributed by atoms with Crippen LogP contribution in [0.5, 0.6) is 5.75 Å². The van der Waals surface area contributed by atoms with Gasteiger partial charge in [-0.15, -0.1) is 0 Å². The largest absolute Gasteiger partial charge is 0.497 e. The fraction of sp³-hybridized carbons (Fsp3) is 0.300. The number of fused-ring (bicyclic) bond motifs is 1. The van der Waals surface area contributed by atoms with Gasteiger partial charge in [-0.3, -0.25) is 4.79 Å². The molecule has 5 nitrogen and oxygen atoms in total. The predicted octanol–water partition coefficient (Wildman–Crippen LogP) is 4.72. The van der Waals surface area contributed by atoms with Crippen molar-refractivity contribution in [1.29, 1.82) is 0 Å². The molecule has 1 heterocycles. The van der Waals surface area contributed by atoms with E-state index in [1.807, 2.05) is 35.8 Å². The molecule has 3 aromatic rings. The quantitative estimate of drug-likeness (QED) is 0.501. The predicted molar refractivity (Wildman–Crippen MR) is 114 cm³/mol. The highest BCUT2D eigenvalue weighted by Crippen LogP contribution is 2.31. The third-order valence-corrected chi connectivity index (χ3v) is 5.97. The fourth-order valence-electron chi connectivity index (χ4n) is 2.77. The van der Waals surface area contributed by atoms with Crippen LogP contribution in [0, 0.1) is 0 Å². The minimum atomic E-state index is -0.242. The van der Waals surface area contributed by atoms with Gasteiger partial charge in [0.1, 0.15) is 5.75 Å². The summed E-state index contributed by atoms with van der Waals surface area (Å²) in [7, 11) is 1.61. The zero-order chi connectivity index (χ0) is 20.1. The number of aromatic nitrogens is 1. The van der Waals surface area contributed by atoms with Crippen LogP contribution in [-0.2, 0) is 22.5 Å². The summed E-state index contributed by atoms with van der Waals surface area (Å²) in [6.45, 7) is 3.57. The Morgan fingerprint density at radius 1 is 1.14 bits per heavy atom. The van der Waals surface area contributed by atoms with Gasteiger partial charge in [-0.2, -0.15) is 4.99 Å². The van der Waals surface area contributed by atoms with Crippen LogP contribution < -0.4 is 9.54 Å². The number of hydrogen-bond donors (Lipinski definition) is 0. The van der Waals surface area contributed by atoms with Crippen molar-refractivity contribution in [3.8, 4) is 5.75 Å².